The smallest absolute Gasteiger partial charge is 0.254 e. The third kappa shape index (κ3) is 4.08. The molecule has 5 nitrogen and oxygen atoms in total. The molecule has 0 saturated carbocycles. The SMILES string of the molecule is Cc1ccc(C(=O)N2CCCC[C@@H]2CCN2CCCC2)cc1-n1cccn1. The molecule has 1 aromatic heterocycles. The Morgan fingerprint density at radius 2 is 1.96 bits per heavy atom. The van der Waals surface area contributed by atoms with Crippen LogP contribution < -0.4 is 0 Å². The average molecular weight is 367 g/mol. The first-order chi connectivity index (χ1) is 13.2. The van der Waals surface area contributed by atoms with E-state index >= 15 is 0 Å². The zero-order valence-corrected chi connectivity index (χ0v) is 16.3. The van der Waals surface area contributed by atoms with E-state index in [1.54, 1.807) is 6.20 Å². The first-order valence-electron chi connectivity index (χ1n) is 10.4. The van der Waals surface area contributed by atoms with Crippen LogP contribution >= 0.6 is 0 Å². The zero-order chi connectivity index (χ0) is 18.6. The Labute approximate surface area is 162 Å². The van der Waals surface area contributed by atoms with Crippen LogP contribution in [0.3, 0.4) is 0 Å². The predicted octanol–water partition coefficient (Wildman–Crippen LogP) is 3.66. The molecule has 1 atom stereocenters. The number of amides is 1. The van der Waals surface area contributed by atoms with E-state index in [0.29, 0.717) is 6.04 Å². The van der Waals surface area contributed by atoms with Gasteiger partial charge in [-0.1, -0.05) is 6.07 Å². The van der Waals surface area contributed by atoms with Gasteiger partial charge in [0.1, 0.15) is 0 Å². The summed E-state index contributed by atoms with van der Waals surface area (Å²) in [4.78, 5) is 18.0. The molecule has 144 valence electrons. The number of carbonyl (C=O) groups excluding carboxylic acids is 1. The third-order valence-corrected chi connectivity index (χ3v) is 6.07. The highest BCUT2D eigenvalue weighted by Gasteiger charge is 2.28. The van der Waals surface area contributed by atoms with Crippen molar-refractivity contribution in [1.82, 2.24) is 19.6 Å². The standard InChI is InChI=1S/C22H30N4O/c1-18-8-9-19(17-21(18)26-15-6-11-23-26)22(27)25-14-3-2-7-20(25)10-16-24-12-4-5-13-24/h6,8-9,11,15,17,20H,2-5,7,10,12-14,16H2,1H3/t20-/m1/s1. The topological polar surface area (TPSA) is 41.4 Å². The van der Waals surface area contributed by atoms with E-state index in [0.717, 1.165) is 49.2 Å². The van der Waals surface area contributed by atoms with Gasteiger partial charge in [-0.05, 0) is 82.3 Å². The molecular formula is C22H30N4O. The van der Waals surface area contributed by atoms with Crippen LogP contribution in [0.2, 0.25) is 0 Å². The maximum absolute atomic E-state index is 13.3. The molecule has 5 heteroatoms. The number of carbonyl (C=O) groups is 1. The number of hydrogen-bond donors (Lipinski definition) is 0. The second-order valence-corrected chi connectivity index (χ2v) is 7.94. The van der Waals surface area contributed by atoms with E-state index in [1.807, 2.05) is 35.1 Å². The molecule has 2 aliphatic heterocycles. The van der Waals surface area contributed by atoms with Crippen molar-refractivity contribution in [2.75, 3.05) is 26.2 Å². The number of nitrogens with zero attached hydrogens (tertiary/aromatic N) is 4. The van der Waals surface area contributed by atoms with E-state index < -0.39 is 0 Å². The summed E-state index contributed by atoms with van der Waals surface area (Å²) in [5.74, 6) is 0.175. The second kappa shape index (κ2) is 8.26. The predicted molar refractivity (Wildman–Crippen MR) is 107 cm³/mol. The number of likely N-dealkylation sites (tertiary alicyclic amines) is 2. The van der Waals surface area contributed by atoms with Gasteiger partial charge in [0.15, 0.2) is 0 Å². The van der Waals surface area contributed by atoms with Crippen LogP contribution in [0.25, 0.3) is 5.69 Å². The summed E-state index contributed by atoms with van der Waals surface area (Å²) >= 11 is 0. The lowest BCUT2D eigenvalue weighted by atomic mass is 9.97. The van der Waals surface area contributed by atoms with Gasteiger partial charge >= 0.3 is 0 Å². The van der Waals surface area contributed by atoms with Crippen LogP contribution in [0.5, 0.6) is 0 Å². The number of aromatic nitrogens is 2. The number of aryl methyl sites for hydroxylation is 1. The van der Waals surface area contributed by atoms with Crippen LogP contribution in [0.15, 0.2) is 36.7 Å². The minimum Gasteiger partial charge on any atom is -0.336 e. The molecule has 2 saturated heterocycles. The fraction of sp³-hybridized carbons (Fsp3) is 0.545. The molecule has 27 heavy (non-hydrogen) atoms. The normalized spacial score (nSPS) is 20.9. The van der Waals surface area contributed by atoms with Crippen molar-refractivity contribution in [2.24, 2.45) is 0 Å². The summed E-state index contributed by atoms with van der Waals surface area (Å²) in [6.45, 7) is 6.53. The first-order valence-corrected chi connectivity index (χ1v) is 10.4. The van der Waals surface area contributed by atoms with Gasteiger partial charge in [0.05, 0.1) is 5.69 Å². The highest BCUT2D eigenvalue weighted by Crippen LogP contribution is 2.24. The van der Waals surface area contributed by atoms with Gasteiger partial charge in [0.2, 0.25) is 0 Å². The molecule has 2 aromatic rings. The van der Waals surface area contributed by atoms with Crippen LogP contribution in [-0.2, 0) is 0 Å². The van der Waals surface area contributed by atoms with Crippen LogP contribution in [0, 0.1) is 6.92 Å². The fourth-order valence-electron chi connectivity index (χ4n) is 4.47. The lowest BCUT2D eigenvalue weighted by molar-refractivity contribution is 0.0588. The van der Waals surface area contributed by atoms with Crippen LogP contribution in [-0.4, -0.2) is 57.7 Å². The zero-order valence-electron chi connectivity index (χ0n) is 16.3. The van der Waals surface area contributed by atoms with Gasteiger partial charge in [-0.3, -0.25) is 4.79 Å². The maximum Gasteiger partial charge on any atom is 0.254 e. The summed E-state index contributed by atoms with van der Waals surface area (Å²) in [5, 5.41) is 4.34. The molecule has 4 rings (SSSR count). The Morgan fingerprint density at radius 1 is 1.15 bits per heavy atom. The van der Waals surface area contributed by atoms with Crippen molar-refractivity contribution < 1.29 is 4.79 Å². The molecular weight excluding hydrogens is 336 g/mol. The minimum absolute atomic E-state index is 0.175. The van der Waals surface area contributed by atoms with Gasteiger partial charge in [-0.25, -0.2) is 4.68 Å². The third-order valence-electron chi connectivity index (χ3n) is 6.07. The van der Waals surface area contributed by atoms with Crippen molar-refractivity contribution in [3.05, 3.63) is 47.8 Å². The van der Waals surface area contributed by atoms with Crippen molar-refractivity contribution in [2.45, 2.75) is 51.5 Å². The molecule has 1 amide bonds. The van der Waals surface area contributed by atoms with E-state index in [4.69, 9.17) is 0 Å². The molecule has 0 N–H and O–H groups in total. The van der Waals surface area contributed by atoms with Crippen molar-refractivity contribution in [1.29, 1.82) is 0 Å². The first kappa shape index (κ1) is 18.2. The number of piperidine rings is 1. The Hall–Kier alpha value is -2.14. The van der Waals surface area contributed by atoms with E-state index in [-0.39, 0.29) is 5.91 Å². The Bertz CT molecular complexity index is 765. The minimum atomic E-state index is 0.175. The van der Waals surface area contributed by atoms with E-state index in [1.165, 1.54) is 32.4 Å². The Kier molecular flexibility index (Phi) is 5.58. The molecule has 0 aliphatic carbocycles. The van der Waals surface area contributed by atoms with E-state index in [2.05, 4.69) is 21.8 Å². The molecule has 1 aromatic carbocycles. The summed E-state index contributed by atoms with van der Waals surface area (Å²) < 4.78 is 1.84. The average Bonchev–Trinajstić information content (AvgIpc) is 3.40. The van der Waals surface area contributed by atoms with Crippen molar-refractivity contribution >= 4 is 5.91 Å². The summed E-state index contributed by atoms with van der Waals surface area (Å²) in [6.07, 6.45) is 10.9. The second-order valence-electron chi connectivity index (χ2n) is 7.94. The van der Waals surface area contributed by atoms with Gasteiger partial charge in [0.25, 0.3) is 5.91 Å². The molecule has 0 unspecified atom stereocenters. The Morgan fingerprint density at radius 3 is 2.74 bits per heavy atom. The molecule has 2 aliphatic rings. The molecule has 2 fully saturated rings. The monoisotopic (exact) mass is 366 g/mol. The summed E-state index contributed by atoms with van der Waals surface area (Å²) in [7, 11) is 0. The van der Waals surface area contributed by atoms with Gasteiger partial charge < -0.3 is 9.80 Å². The highest BCUT2D eigenvalue weighted by molar-refractivity contribution is 5.95. The maximum atomic E-state index is 13.3. The Balaban J connectivity index is 1.50. The van der Waals surface area contributed by atoms with Crippen molar-refractivity contribution in [3.8, 4) is 5.69 Å². The van der Waals surface area contributed by atoms with Gasteiger partial charge in [0, 0.05) is 37.1 Å². The summed E-state index contributed by atoms with van der Waals surface area (Å²) in [6, 6.07) is 8.29. The molecule has 3 heterocycles. The summed E-state index contributed by atoms with van der Waals surface area (Å²) in [5.41, 5.74) is 2.88. The van der Waals surface area contributed by atoms with E-state index in [9.17, 15) is 4.79 Å². The molecule has 0 radical (unpaired) electrons. The van der Waals surface area contributed by atoms with Crippen LogP contribution in [0.1, 0.15) is 54.4 Å². The molecule has 0 spiro atoms. The van der Waals surface area contributed by atoms with Gasteiger partial charge in [-0.2, -0.15) is 5.10 Å². The molecule has 0 bridgehead atoms. The number of benzene rings is 1. The number of rotatable bonds is 5. The van der Waals surface area contributed by atoms with Crippen LogP contribution in [0.4, 0.5) is 0 Å². The highest BCUT2D eigenvalue weighted by atomic mass is 16.2. The lowest BCUT2D eigenvalue weighted by Gasteiger charge is -2.37. The van der Waals surface area contributed by atoms with Gasteiger partial charge in [-0.15, -0.1) is 0 Å². The van der Waals surface area contributed by atoms with Crippen molar-refractivity contribution in [3.63, 3.8) is 0 Å². The fourth-order valence-corrected chi connectivity index (χ4v) is 4.47. The lowest BCUT2D eigenvalue weighted by Crippen LogP contribution is -2.45. The number of hydrogen-bond acceptors (Lipinski definition) is 3. The quantitative estimate of drug-likeness (QED) is 0.811. The largest absolute Gasteiger partial charge is 0.336 e.